The van der Waals surface area contributed by atoms with E-state index in [2.05, 4.69) is 15.7 Å². The molecule has 1 N–H and O–H groups in total. The highest BCUT2D eigenvalue weighted by Crippen LogP contribution is 2.47. The molecule has 0 bridgehead atoms. The van der Waals surface area contributed by atoms with Gasteiger partial charge in [0.2, 0.25) is 0 Å². The summed E-state index contributed by atoms with van der Waals surface area (Å²) < 4.78 is 27.6. The van der Waals surface area contributed by atoms with Crippen molar-refractivity contribution >= 4 is 8.53 Å². The summed E-state index contributed by atoms with van der Waals surface area (Å²) in [7, 11) is -1.47. The quantitative estimate of drug-likeness (QED) is 0.323. The Balaban J connectivity index is 2.20. The fraction of sp³-hybridized carbons (Fsp3) is 0.727. The molecule has 1 aliphatic heterocycles. The molecule has 0 spiro atoms. The molecule has 1 fully saturated rings. The Bertz CT molecular complexity index is 974. The van der Waals surface area contributed by atoms with Crippen LogP contribution in [0, 0.1) is 29.6 Å². The number of aromatic nitrogens is 2. The minimum absolute atomic E-state index is 0.138. The highest BCUT2D eigenvalue weighted by Gasteiger charge is 2.39. The number of aromatic amines is 1. The number of rotatable bonds is 13. The molecule has 1 aromatic rings. The van der Waals surface area contributed by atoms with E-state index in [0.29, 0.717) is 12.0 Å². The molecule has 188 valence electrons. The SMILES string of the molecule is Cc1cn([C@H]2C[C@H](OCCC#N)[C@@H](COP(OCCC#N)N(C(C)C)C(C)C)O2)c(=O)[nH]c1=O. The average molecular weight is 496 g/mol. The molecule has 12 heteroatoms. The van der Waals surface area contributed by atoms with E-state index in [4.69, 9.17) is 29.0 Å². The third kappa shape index (κ3) is 7.71. The molecule has 0 saturated carbocycles. The summed E-state index contributed by atoms with van der Waals surface area (Å²) in [6.07, 6.45) is 0.719. The van der Waals surface area contributed by atoms with Crippen LogP contribution in [0.15, 0.2) is 15.8 Å². The van der Waals surface area contributed by atoms with Crippen molar-refractivity contribution in [2.24, 2.45) is 0 Å². The number of ether oxygens (including phenoxy) is 2. The van der Waals surface area contributed by atoms with Gasteiger partial charge in [0.1, 0.15) is 12.3 Å². The number of hydrogen-bond donors (Lipinski definition) is 1. The van der Waals surface area contributed by atoms with Crippen LogP contribution >= 0.6 is 8.53 Å². The fourth-order valence-electron chi connectivity index (χ4n) is 3.70. The Morgan fingerprint density at radius 3 is 2.44 bits per heavy atom. The van der Waals surface area contributed by atoms with E-state index in [9.17, 15) is 9.59 Å². The third-order valence-corrected chi connectivity index (χ3v) is 7.27. The largest absolute Gasteiger partial charge is 0.374 e. The van der Waals surface area contributed by atoms with Crippen LogP contribution in [0.2, 0.25) is 0 Å². The van der Waals surface area contributed by atoms with Crippen molar-refractivity contribution in [1.29, 1.82) is 10.5 Å². The maximum atomic E-state index is 12.4. The average Bonchev–Trinajstić information content (AvgIpc) is 3.16. The monoisotopic (exact) mass is 495 g/mol. The lowest BCUT2D eigenvalue weighted by molar-refractivity contribution is -0.0589. The Morgan fingerprint density at radius 1 is 1.18 bits per heavy atom. The molecule has 1 aliphatic rings. The molecule has 0 radical (unpaired) electrons. The fourth-order valence-corrected chi connectivity index (χ4v) is 5.32. The van der Waals surface area contributed by atoms with Gasteiger partial charge in [-0.2, -0.15) is 10.5 Å². The molecule has 2 heterocycles. The molecule has 1 saturated heterocycles. The van der Waals surface area contributed by atoms with Crippen LogP contribution in [0.1, 0.15) is 58.7 Å². The van der Waals surface area contributed by atoms with Crippen LogP contribution in [0.4, 0.5) is 0 Å². The topological polar surface area (TPSA) is 143 Å². The van der Waals surface area contributed by atoms with Crippen molar-refractivity contribution in [1.82, 2.24) is 14.2 Å². The first kappa shape index (κ1) is 28.1. The minimum atomic E-state index is -1.47. The van der Waals surface area contributed by atoms with Gasteiger partial charge in [0.25, 0.3) is 14.1 Å². The van der Waals surface area contributed by atoms with Crippen molar-refractivity contribution < 1.29 is 18.5 Å². The van der Waals surface area contributed by atoms with Crippen molar-refractivity contribution in [3.8, 4) is 12.1 Å². The van der Waals surface area contributed by atoms with Gasteiger partial charge in [-0.15, -0.1) is 0 Å². The summed E-state index contributed by atoms with van der Waals surface area (Å²) in [5.74, 6) is 0. The molecule has 0 amide bonds. The Hall–Kier alpha value is -2.11. The second-order valence-electron chi connectivity index (χ2n) is 8.50. The van der Waals surface area contributed by atoms with Gasteiger partial charge in [-0.1, -0.05) is 0 Å². The maximum Gasteiger partial charge on any atom is 0.330 e. The Kier molecular flexibility index (Phi) is 11.3. The van der Waals surface area contributed by atoms with E-state index in [0.717, 1.165) is 0 Å². The van der Waals surface area contributed by atoms with E-state index in [1.165, 1.54) is 10.8 Å². The molecule has 4 atom stereocenters. The second kappa shape index (κ2) is 13.7. The molecular weight excluding hydrogens is 461 g/mol. The van der Waals surface area contributed by atoms with Crippen LogP contribution in [-0.2, 0) is 18.5 Å². The van der Waals surface area contributed by atoms with Crippen molar-refractivity contribution in [3.63, 3.8) is 0 Å². The van der Waals surface area contributed by atoms with E-state index in [1.807, 2.05) is 33.8 Å². The van der Waals surface area contributed by atoms with E-state index in [1.54, 1.807) is 6.92 Å². The van der Waals surface area contributed by atoms with Gasteiger partial charge in [0.05, 0.1) is 50.9 Å². The maximum absolute atomic E-state index is 12.4. The standard InChI is InChI=1S/C22H34N5O6P/c1-15(2)27(16(3)4)34(31-11-7-9-24)32-14-19-18(30-10-6-8-23)12-20(33-19)26-13-17(5)21(28)25-22(26)29/h13,15-16,18-20H,6-7,10-12,14H2,1-5H3,(H,25,28,29)/t18-,19+,20+,34?/m0/s1. The first-order valence-electron chi connectivity index (χ1n) is 11.4. The summed E-state index contributed by atoms with van der Waals surface area (Å²) in [5.41, 5.74) is -0.613. The van der Waals surface area contributed by atoms with Crippen molar-refractivity contribution in [2.75, 3.05) is 19.8 Å². The predicted molar refractivity (Wildman–Crippen MR) is 126 cm³/mol. The summed E-state index contributed by atoms with van der Waals surface area (Å²) in [4.78, 5) is 26.4. The highest BCUT2D eigenvalue weighted by atomic mass is 31.2. The number of hydrogen-bond acceptors (Lipinski definition) is 9. The molecular formula is C22H34N5O6P. The van der Waals surface area contributed by atoms with Gasteiger partial charge in [-0.3, -0.25) is 14.3 Å². The molecule has 1 aromatic heterocycles. The zero-order valence-electron chi connectivity index (χ0n) is 20.4. The molecule has 0 aliphatic carbocycles. The zero-order chi connectivity index (χ0) is 25.3. The van der Waals surface area contributed by atoms with Gasteiger partial charge >= 0.3 is 5.69 Å². The van der Waals surface area contributed by atoms with E-state index in [-0.39, 0.29) is 44.7 Å². The number of nitrogens with one attached hydrogen (secondary N) is 1. The molecule has 1 unspecified atom stereocenters. The van der Waals surface area contributed by atoms with E-state index >= 15 is 0 Å². The Morgan fingerprint density at radius 2 is 1.82 bits per heavy atom. The first-order chi connectivity index (χ1) is 16.2. The zero-order valence-corrected chi connectivity index (χ0v) is 21.3. The lowest BCUT2D eigenvalue weighted by atomic mass is 10.2. The number of H-pyrrole nitrogens is 1. The highest BCUT2D eigenvalue weighted by molar-refractivity contribution is 7.44. The third-order valence-electron chi connectivity index (χ3n) is 5.19. The minimum Gasteiger partial charge on any atom is -0.374 e. The summed E-state index contributed by atoms with van der Waals surface area (Å²) in [5, 5.41) is 17.8. The summed E-state index contributed by atoms with van der Waals surface area (Å²) in [6.45, 7) is 10.4. The van der Waals surface area contributed by atoms with Crippen molar-refractivity contribution in [2.45, 2.75) is 84.4 Å². The van der Waals surface area contributed by atoms with Crippen LogP contribution in [0.3, 0.4) is 0 Å². The Labute approximate surface area is 201 Å². The van der Waals surface area contributed by atoms with Gasteiger partial charge in [0, 0.05) is 30.3 Å². The molecule has 34 heavy (non-hydrogen) atoms. The van der Waals surface area contributed by atoms with Gasteiger partial charge in [0.15, 0.2) is 0 Å². The van der Waals surface area contributed by atoms with Crippen LogP contribution in [0.5, 0.6) is 0 Å². The van der Waals surface area contributed by atoms with E-state index < -0.39 is 38.2 Å². The van der Waals surface area contributed by atoms with Gasteiger partial charge in [-0.25, -0.2) is 9.46 Å². The first-order valence-corrected chi connectivity index (χ1v) is 12.5. The van der Waals surface area contributed by atoms with Crippen molar-refractivity contribution in [3.05, 3.63) is 32.6 Å². The van der Waals surface area contributed by atoms with Crippen LogP contribution in [0.25, 0.3) is 0 Å². The molecule has 11 nitrogen and oxygen atoms in total. The molecule has 0 aromatic carbocycles. The predicted octanol–water partition coefficient (Wildman–Crippen LogP) is 2.72. The van der Waals surface area contributed by atoms with Gasteiger partial charge in [-0.05, 0) is 34.6 Å². The normalized spacial score (nSPS) is 21.2. The summed E-state index contributed by atoms with van der Waals surface area (Å²) >= 11 is 0. The smallest absolute Gasteiger partial charge is 0.330 e. The van der Waals surface area contributed by atoms with Crippen LogP contribution < -0.4 is 11.2 Å². The lowest BCUT2D eigenvalue weighted by Crippen LogP contribution is -2.35. The van der Waals surface area contributed by atoms with Gasteiger partial charge < -0.3 is 18.5 Å². The second-order valence-corrected chi connectivity index (χ2v) is 9.96. The molecule has 2 rings (SSSR count). The summed E-state index contributed by atoms with van der Waals surface area (Å²) in [6, 6.07) is 4.42. The number of aryl methyl sites for hydroxylation is 1. The van der Waals surface area contributed by atoms with Crippen LogP contribution in [-0.4, -0.2) is 58.3 Å². The lowest BCUT2D eigenvalue weighted by Gasteiger charge is -2.36. The number of nitriles is 2. The number of nitrogens with zero attached hydrogens (tertiary/aromatic N) is 4.